The summed E-state index contributed by atoms with van der Waals surface area (Å²) in [5, 5.41) is 2.82. The van der Waals surface area contributed by atoms with Gasteiger partial charge < -0.3 is 19.5 Å². The molecule has 2 aromatic rings. The Kier molecular flexibility index (Phi) is 5.30. The Labute approximate surface area is 171 Å². The largest absolute Gasteiger partial charge is 0.497 e. The van der Waals surface area contributed by atoms with Crippen LogP contribution in [0.15, 0.2) is 47.5 Å². The van der Waals surface area contributed by atoms with Crippen molar-refractivity contribution in [3.05, 3.63) is 42.5 Å². The van der Waals surface area contributed by atoms with Gasteiger partial charge in [0, 0.05) is 25.2 Å². The van der Waals surface area contributed by atoms with Crippen molar-refractivity contribution in [3.8, 4) is 17.2 Å². The first-order valence-corrected chi connectivity index (χ1v) is 9.78. The average Bonchev–Trinajstić information content (AvgIpc) is 3.29. The molecule has 0 aromatic heterocycles. The Morgan fingerprint density at radius 1 is 1.24 bits per heavy atom. The van der Waals surface area contributed by atoms with E-state index >= 15 is 0 Å². The standard InChI is InChI=1S/C20H19N3O5S/c1-23-19(25)17(10-18(24)21-12-3-6-14(26-2)7-4-12)29-20(23)22-13-5-8-15-16(9-13)28-11-27-15/h3-9,17H,10-11H2,1-2H3,(H,21,24). The van der Waals surface area contributed by atoms with Gasteiger partial charge in [-0.25, -0.2) is 4.99 Å². The van der Waals surface area contributed by atoms with E-state index < -0.39 is 5.25 Å². The predicted octanol–water partition coefficient (Wildman–Crippen LogP) is 3.01. The summed E-state index contributed by atoms with van der Waals surface area (Å²) in [6.07, 6.45) is 0.0556. The zero-order valence-corrected chi connectivity index (χ0v) is 16.7. The van der Waals surface area contributed by atoms with E-state index in [1.807, 2.05) is 0 Å². The highest BCUT2D eigenvalue weighted by molar-refractivity contribution is 8.15. The number of hydrogen-bond acceptors (Lipinski definition) is 7. The Hall–Kier alpha value is -3.20. The van der Waals surface area contributed by atoms with Crippen molar-refractivity contribution in [3.63, 3.8) is 0 Å². The van der Waals surface area contributed by atoms with Gasteiger partial charge in [0.2, 0.25) is 18.6 Å². The lowest BCUT2D eigenvalue weighted by atomic mass is 10.2. The average molecular weight is 413 g/mol. The molecule has 1 saturated heterocycles. The molecule has 8 nitrogen and oxygen atoms in total. The van der Waals surface area contributed by atoms with Crippen molar-refractivity contribution in [2.75, 3.05) is 26.3 Å². The lowest BCUT2D eigenvalue weighted by molar-refractivity contribution is -0.127. The summed E-state index contributed by atoms with van der Waals surface area (Å²) in [7, 11) is 3.23. The van der Waals surface area contributed by atoms with E-state index in [4.69, 9.17) is 14.2 Å². The molecular formula is C20H19N3O5S. The number of methoxy groups -OCH3 is 1. The number of ether oxygens (including phenoxy) is 3. The number of fused-ring (bicyclic) bond motifs is 1. The molecule has 9 heteroatoms. The topological polar surface area (TPSA) is 89.5 Å². The van der Waals surface area contributed by atoms with Crippen LogP contribution in [0, 0.1) is 0 Å². The molecule has 0 radical (unpaired) electrons. The number of anilines is 1. The van der Waals surface area contributed by atoms with E-state index in [0.29, 0.717) is 33.8 Å². The molecular weight excluding hydrogens is 394 g/mol. The number of nitrogens with zero attached hydrogens (tertiary/aromatic N) is 2. The van der Waals surface area contributed by atoms with E-state index in [1.165, 1.54) is 16.7 Å². The number of aliphatic imine (C=N–C) groups is 1. The summed E-state index contributed by atoms with van der Waals surface area (Å²) < 4.78 is 15.7. The first kappa shape index (κ1) is 19.1. The molecule has 4 rings (SSSR count). The van der Waals surface area contributed by atoms with Crippen molar-refractivity contribution < 1.29 is 23.8 Å². The van der Waals surface area contributed by atoms with Crippen LogP contribution in [0.3, 0.4) is 0 Å². The van der Waals surface area contributed by atoms with Gasteiger partial charge in [-0.2, -0.15) is 0 Å². The molecule has 2 amide bonds. The van der Waals surface area contributed by atoms with Crippen LogP contribution in [0.25, 0.3) is 0 Å². The number of nitrogens with one attached hydrogen (secondary N) is 1. The maximum Gasteiger partial charge on any atom is 0.242 e. The minimum Gasteiger partial charge on any atom is -0.497 e. The van der Waals surface area contributed by atoms with Crippen molar-refractivity contribution in [1.29, 1.82) is 0 Å². The number of amidine groups is 1. The molecule has 0 aliphatic carbocycles. The maximum absolute atomic E-state index is 12.5. The summed E-state index contributed by atoms with van der Waals surface area (Å²) in [5.41, 5.74) is 1.30. The summed E-state index contributed by atoms with van der Waals surface area (Å²) in [6, 6.07) is 12.4. The third-order valence-electron chi connectivity index (χ3n) is 4.47. The second-order valence-electron chi connectivity index (χ2n) is 6.42. The maximum atomic E-state index is 12.5. The monoisotopic (exact) mass is 413 g/mol. The lowest BCUT2D eigenvalue weighted by Gasteiger charge is -2.09. The molecule has 1 atom stereocenters. The number of thioether (sulfide) groups is 1. The molecule has 1 N–H and O–H groups in total. The molecule has 0 saturated carbocycles. The number of benzene rings is 2. The summed E-state index contributed by atoms with van der Waals surface area (Å²) in [4.78, 5) is 30.9. The molecule has 1 fully saturated rings. The van der Waals surface area contributed by atoms with E-state index in [1.54, 1.807) is 56.6 Å². The predicted molar refractivity (Wildman–Crippen MR) is 110 cm³/mol. The van der Waals surface area contributed by atoms with E-state index in [9.17, 15) is 9.59 Å². The second-order valence-corrected chi connectivity index (χ2v) is 7.59. The highest BCUT2D eigenvalue weighted by Gasteiger charge is 2.37. The molecule has 2 aliphatic heterocycles. The number of rotatable bonds is 5. The van der Waals surface area contributed by atoms with E-state index in [-0.39, 0.29) is 25.0 Å². The molecule has 0 spiro atoms. The molecule has 2 heterocycles. The van der Waals surface area contributed by atoms with E-state index in [0.717, 1.165) is 0 Å². The van der Waals surface area contributed by atoms with Gasteiger partial charge in [-0.05, 0) is 36.4 Å². The quantitative estimate of drug-likeness (QED) is 0.811. The second kappa shape index (κ2) is 8.04. The van der Waals surface area contributed by atoms with Gasteiger partial charge in [-0.15, -0.1) is 0 Å². The SMILES string of the molecule is COc1ccc(NC(=O)CC2SC(=Nc3ccc4c(c3)OCO4)N(C)C2=O)cc1. The summed E-state index contributed by atoms with van der Waals surface area (Å²) in [6.45, 7) is 0.188. The summed E-state index contributed by atoms with van der Waals surface area (Å²) >= 11 is 1.27. The fourth-order valence-corrected chi connectivity index (χ4v) is 4.07. The Morgan fingerprint density at radius 2 is 2.00 bits per heavy atom. The number of carbonyl (C=O) groups is 2. The normalized spacial score (nSPS) is 19.0. The highest BCUT2D eigenvalue weighted by atomic mass is 32.2. The smallest absolute Gasteiger partial charge is 0.242 e. The third-order valence-corrected chi connectivity index (χ3v) is 5.69. The van der Waals surface area contributed by atoms with Crippen LogP contribution in [-0.2, 0) is 9.59 Å². The molecule has 0 bridgehead atoms. The van der Waals surface area contributed by atoms with Crippen LogP contribution in [0.5, 0.6) is 17.2 Å². The Bertz CT molecular complexity index is 977. The van der Waals surface area contributed by atoms with Gasteiger partial charge in [0.15, 0.2) is 16.7 Å². The first-order valence-electron chi connectivity index (χ1n) is 8.90. The third kappa shape index (κ3) is 4.14. The minimum atomic E-state index is -0.522. The lowest BCUT2D eigenvalue weighted by Crippen LogP contribution is -2.30. The zero-order valence-electron chi connectivity index (χ0n) is 15.9. The van der Waals surface area contributed by atoms with Gasteiger partial charge in [0.05, 0.1) is 12.8 Å². The molecule has 2 aromatic carbocycles. The van der Waals surface area contributed by atoms with Crippen LogP contribution >= 0.6 is 11.8 Å². The zero-order chi connectivity index (χ0) is 20.4. The summed E-state index contributed by atoms with van der Waals surface area (Å²) in [5.74, 6) is 1.61. The molecule has 2 aliphatic rings. The number of carbonyl (C=O) groups excluding carboxylic acids is 2. The Morgan fingerprint density at radius 3 is 2.76 bits per heavy atom. The van der Waals surface area contributed by atoms with Crippen molar-refractivity contribution in [1.82, 2.24) is 4.90 Å². The van der Waals surface area contributed by atoms with Gasteiger partial charge in [0.25, 0.3) is 0 Å². The van der Waals surface area contributed by atoms with Crippen LogP contribution in [0.4, 0.5) is 11.4 Å². The van der Waals surface area contributed by atoms with E-state index in [2.05, 4.69) is 10.3 Å². The van der Waals surface area contributed by atoms with Gasteiger partial charge in [-0.3, -0.25) is 14.5 Å². The van der Waals surface area contributed by atoms with Crippen LogP contribution in [0.1, 0.15) is 6.42 Å². The Balaban J connectivity index is 1.41. The van der Waals surface area contributed by atoms with Gasteiger partial charge >= 0.3 is 0 Å². The van der Waals surface area contributed by atoms with Crippen LogP contribution in [-0.4, -0.2) is 48.1 Å². The first-order chi connectivity index (χ1) is 14.0. The number of amides is 2. The fraction of sp³-hybridized carbons (Fsp3) is 0.250. The van der Waals surface area contributed by atoms with Crippen LogP contribution < -0.4 is 19.5 Å². The highest BCUT2D eigenvalue weighted by Crippen LogP contribution is 2.37. The molecule has 150 valence electrons. The van der Waals surface area contributed by atoms with Crippen molar-refractivity contribution in [2.45, 2.75) is 11.7 Å². The van der Waals surface area contributed by atoms with Gasteiger partial charge in [-0.1, -0.05) is 11.8 Å². The fourth-order valence-electron chi connectivity index (χ4n) is 2.92. The van der Waals surface area contributed by atoms with Gasteiger partial charge in [0.1, 0.15) is 11.0 Å². The van der Waals surface area contributed by atoms with Crippen molar-refractivity contribution in [2.24, 2.45) is 4.99 Å². The molecule has 1 unspecified atom stereocenters. The van der Waals surface area contributed by atoms with Crippen LogP contribution in [0.2, 0.25) is 0 Å². The molecule has 29 heavy (non-hydrogen) atoms. The minimum absolute atomic E-state index is 0.0556. The van der Waals surface area contributed by atoms with Crippen molar-refractivity contribution >= 4 is 40.1 Å². The number of hydrogen-bond donors (Lipinski definition) is 1.